The Balaban J connectivity index is 2.52. The molecule has 0 bridgehead atoms. The quantitative estimate of drug-likeness (QED) is 0.633. The molecule has 0 atom stereocenters. The molecule has 0 spiro atoms. The number of ether oxygens (including phenoxy) is 2. The highest BCUT2D eigenvalue weighted by Crippen LogP contribution is 2.49. The van der Waals surface area contributed by atoms with E-state index >= 15 is 0 Å². The predicted octanol–water partition coefficient (Wildman–Crippen LogP) is 2.56. The molecule has 1 radical (unpaired) electrons. The molecular formula is C8H4F4NO2. The van der Waals surface area contributed by atoms with Gasteiger partial charge in [-0.1, -0.05) is 6.07 Å². The number of benzene rings is 1. The summed E-state index contributed by atoms with van der Waals surface area (Å²) in [6.45, 7) is 0. The smallest absolute Gasteiger partial charge is 0.421 e. The Morgan fingerprint density at radius 1 is 1.00 bits per heavy atom. The van der Waals surface area contributed by atoms with Crippen LogP contribution in [-0.2, 0) is 0 Å². The van der Waals surface area contributed by atoms with Crippen LogP contribution in [0.1, 0.15) is 0 Å². The van der Waals surface area contributed by atoms with E-state index in [0.29, 0.717) is 0 Å². The number of rotatable bonds is 0. The summed E-state index contributed by atoms with van der Waals surface area (Å²) in [5.41, 5.74) is 6.73. The fourth-order valence-corrected chi connectivity index (χ4v) is 1.09. The third kappa shape index (κ3) is 1.34. The van der Waals surface area contributed by atoms with Crippen molar-refractivity contribution in [3.63, 3.8) is 0 Å². The van der Waals surface area contributed by atoms with Crippen molar-refractivity contribution >= 4 is 5.69 Å². The first-order chi connectivity index (χ1) is 6.83. The second-order valence-corrected chi connectivity index (χ2v) is 2.87. The van der Waals surface area contributed by atoms with Crippen molar-refractivity contribution in [3.8, 4) is 11.5 Å². The Kier molecular flexibility index (Phi) is 1.76. The Morgan fingerprint density at radius 3 is 2.27 bits per heavy atom. The first-order valence-corrected chi connectivity index (χ1v) is 3.82. The average Bonchev–Trinajstić information content (AvgIpc) is 2.08. The molecule has 1 N–H and O–H groups in total. The van der Waals surface area contributed by atoms with Crippen LogP contribution in [0.4, 0.5) is 23.2 Å². The van der Waals surface area contributed by atoms with E-state index in [9.17, 15) is 17.6 Å². The Hall–Kier alpha value is -1.66. The summed E-state index contributed by atoms with van der Waals surface area (Å²) < 4.78 is 58.1. The van der Waals surface area contributed by atoms with Crippen LogP contribution in [0.25, 0.3) is 0 Å². The summed E-state index contributed by atoms with van der Waals surface area (Å²) in [6.07, 6.45) is -9.50. The molecule has 0 unspecified atom stereocenters. The molecule has 1 aliphatic heterocycles. The fourth-order valence-electron chi connectivity index (χ4n) is 1.09. The molecule has 1 heterocycles. The van der Waals surface area contributed by atoms with Crippen LogP contribution in [0, 0.1) is 0 Å². The van der Waals surface area contributed by atoms with Crippen molar-refractivity contribution in [2.24, 2.45) is 0 Å². The molecule has 0 saturated carbocycles. The second kappa shape index (κ2) is 2.68. The van der Waals surface area contributed by atoms with Gasteiger partial charge in [0.15, 0.2) is 11.5 Å². The molecule has 15 heavy (non-hydrogen) atoms. The molecule has 1 aromatic rings. The predicted molar refractivity (Wildman–Crippen MR) is 40.3 cm³/mol. The van der Waals surface area contributed by atoms with E-state index in [2.05, 4.69) is 9.47 Å². The van der Waals surface area contributed by atoms with Crippen LogP contribution in [0.2, 0.25) is 0 Å². The molecule has 0 saturated heterocycles. The highest BCUT2D eigenvalue weighted by molar-refractivity contribution is 5.58. The minimum absolute atomic E-state index is 0.442. The average molecular weight is 222 g/mol. The van der Waals surface area contributed by atoms with Crippen LogP contribution >= 0.6 is 0 Å². The van der Waals surface area contributed by atoms with Crippen LogP contribution < -0.4 is 15.2 Å². The van der Waals surface area contributed by atoms with E-state index in [-0.39, 0.29) is 0 Å². The zero-order valence-electron chi connectivity index (χ0n) is 7.06. The third-order valence-corrected chi connectivity index (χ3v) is 1.79. The number of para-hydroxylation sites is 1. The summed E-state index contributed by atoms with van der Waals surface area (Å²) >= 11 is 0. The molecule has 1 aliphatic rings. The first-order valence-electron chi connectivity index (χ1n) is 3.82. The summed E-state index contributed by atoms with van der Waals surface area (Å²) in [6, 6.07) is 3.38. The van der Waals surface area contributed by atoms with E-state index in [0.717, 1.165) is 12.1 Å². The maximum atomic E-state index is 12.7. The molecule has 7 heteroatoms. The summed E-state index contributed by atoms with van der Waals surface area (Å²) in [5.74, 6) is -1.26. The normalized spacial score (nSPS) is 21.1. The number of nitrogens with one attached hydrogen (secondary N) is 1. The van der Waals surface area contributed by atoms with Gasteiger partial charge >= 0.3 is 12.2 Å². The molecule has 0 aromatic heterocycles. The van der Waals surface area contributed by atoms with Gasteiger partial charge in [-0.25, -0.2) is 0 Å². The molecule has 1 aromatic carbocycles. The van der Waals surface area contributed by atoms with E-state index in [1.807, 2.05) is 0 Å². The van der Waals surface area contributed by atoms with Gasteiger partial charge in [-0.05, 0) is 12.1 Å². The van der Waals surface area contributed by atoms with Crippen LogP contribution in [-0.4, -0.2) is 12.2 Å². The van der Waals surface area contributed by atoms with Crippen molar-refractivity contribution in [2.75, 3.05) is 0 Å². The monoisotopic (exact) mass is 222 g/mol. The lowest BCUT2D eigenvalue weighted by Gasteiger charge is -2.32. The fraction of sp³-hybridized carbons (Fsp3) is 0.250. The van der Waals surface area contributed by atoms with Crippen LogP contribution in [0.5, 0.6) is 11.5 Å². The van der Waals surface area contributed by atoms with Crippen molar-refractivity contribution < 1.29 is 27.0 Å². The van der Waals surface area contributed by atoms with Crippen molar-refractivity contribution in [2.45, 2.75) is 12.2 Å². The molecule has 3 nitrogen and oxygen atoms in total. The Bertz CT molecular complexity index is 408. The lowest BCUT2D eigenvalue weighted by molar-refractivity contribution is -0.391. The molecule has 0 fully saturated rings. The van der Waals surface area contributed by atoms with E-state index in [1.165, 1.54) is 6.07 Å². The first kappa shape index (κ1) is 9.88. The third-order valence-electron chi connectivity index (χ3n) is 1.79. The van der Waals surface area contributed by atoms with E-state index in [4.69, 9.17) is 5.73 Å². The van der Waals surface area contributed by atoms with Crippen molar-refractivity contribution in [3.05, 3.63) is 18.2 Å². The highest BCUT2D eigenvalue weighted by Gasteiger charge is 2.66. The minimum atomic E-state index is -4.77. The van der Waals surface area contributed by atoms with Gasteiger partial charge in [0, 0.05) is 0 Å². The van der Waals surface area contributed by atoms with Crippen molar-refractivity contribution in [1.82, 2.24) is 5.73 Å². The SMILES string of the molecule is [NH]c1cccc2c1OC(F)(F)C(F)(F)O2. The zero-order valence-corrected chi connectivity index (χ0v) is 7.06. The molecule has 2 rings (SSSR count). The van der Waals surface area contributed by atoms with Gasteiger partial charge < -0.3 is 9.47 Å². The number of halogens is 4. The number of hydrogen-bond acceptors (Lipinski definition) is 2. The van der Waals surface area contributed by atoms with Gasteiger partial charge in [0.1, 0.15) is 5.69 Å². The molecule has 0 amide bonds. The minimum Gasteiger partial charge on any atom is -0.421 e. The van der Waals surface area contributed by atoms with Gasteiger partial charge in [-0.3, -0.25) is 5.73 Å². The second-order valence-electron chi connectivity index (χ2n) is 2.87. The van der Waals surface area contributed by atoms with Gasteiger partial charge in [-0.2, -0.15) is 17.6 Å². The van der Waals surface area contributed by atoms with Crippen LogP contribution in [0.15, 0.2) is 18.2 Å². The lowest BCUT2D eigenvalue weighted by Crippen LogP contribution is -2.52. The maximum Gasteiger partial charge on any atom is 0.507 e. The molecule has 0 aliphatic carbocycles. The zero-order chi connectivity index (χ0) is 11.3. The highest BCUT2D eigenvalue weighted by atomic mass is 19.3. The van der Waals surface area contributed by atoms with E-state index in [1.54, 1.807) is 0 Å². The van der Waals surface area contributed by atoms with Gasteiger partial charge in [0.25, 0.3) is 0 Å². The number of fused-ring (bicyclic) bond motifs is 1. The number of alkyl halides is 4. The lowest BCUT2D eigenvalue weighted by atomic mass is 10.2. The number of hydrogen-bond donors (Lipinski definition) is 0. The van der Waals surface area contributed by atoms with Crippen molar-refractivity contribution in [1.29, 1.82) is 0 Å². The Morgan fingerprint density at radius 2 is 1.60 bits per heavy atom. The largest absolute Gasteiger partial charge is 0.507 e. The maximum absolute atomic E-state index is 12.7. The Labute approximate surface area is 81.4 Å². The van der Waals surface area contributed by atoms with Gasteiger partial charge in [0.05, 0.1) is 0 Å². The summed E-state index contributed by atoms with van der Waals surface area (Å²) in [7, 11) is 0. The van der Waals surface area contributed by atoms with Crippen LogP contribution in [0.3, 0.4) is 0 Å². The van der Waals surface area contributed by atoms with Gasteiger partial charge in [-0.15, -0.1) is 0 Å². The molecular weight excluding hydrogens is 218 g/mol. The standard InChI is InChI=1S/C8H4F4NO2/c9-7(10)8(11,12)15-6-4(13)2-1-3-5(6)14-7/h1-3,13H. The summed E-state index contributed by atoms with van der Waals surface area (Å²) in [4.78, 5) is 0. The van der Waals surface area contributed by atoms with Gasteiger partial charge in [0.2, 0.25) is 0 Å². The molecule has 81 valence electrons. The summed E-state index contributed by atoms with van der Waals surface area (Å²) in [5, 5.41) is 0. The van der Waals surface area contributed by atoms with E-state index < -0.39 is 29.4 Å². The topological polar surface area (TPSA) is 42.3 Å².